The minimum atomic E-state index is -0.335. The van der Waals surface area contributed by atoms with Crippen LogP contribution in [0.15, 0.2) is 60.7 Å². The van der Waals surface area contributed by atoms with Gasteiger partial charge in [0.2, 0.25) is 0 Å². The third kappa shape index (κ3) is 4.41. The Morgan fingerprint density at radius 1 is 0.577 bits per heavy atom. The normalized spacial score (nSPS) is 9.69. The molecule has 0 radical (unpaired) electrons. The number of hydrogen-bond donors (Lipinski definition) is 0. The van der Waals surface area contributed by atoms with Gasteiger partial charge in [0.25, 0.3) is 0 Å². The molecule has 0 atom stereocenters. The Morgan fingerprint density at radius 3 is 1.54 bits per heavy atom. The Balaban J connectivity index is 1.87. The van der Waals surface area contributed by atoms with Crippen molar-refractivity contribution in [3.05, 3.63) is 105 Å². The lowest BCUT2D eigenvalue weighted by atomic mass is 10.0. The molecule has 0 nitrogen and oxygen atoms in total. The van der Waals surface area contributed by atoms with E-state index in [-0.39, 0.29) is 5.82 Å². The molecular formula is C25H19F. The summed E-state index contributed by atoms with van der Waals surface area (Å²) in [5, 5.41) is 0. The SMILES string of the molecule is Cc1ccc(C#Cc2cc(C)c(C#Cc3ccc(C)cc3)c(F)c2)cc1. The molecule has 0 saturated heterocycles. The zero-order chi connectivity index (χ0) is 18.5. The fourth-order valence-electron chi connectivity index (χ4n) is 2.53. The van der Waals surface area contributed by atoms with Crippen molar-refractivity contribution in [1.29, 1.82) is 0 Å². The van der Waals surface area contributed by atoms with E-state index < -0.39 is 0 Å². The molecule has 3 aromatic rings. The summed E-state index contributed by atoms with van der Waals surface area (Å²) in [6.07, 6.45) is 0. The first kappa shape index (κ1) is 17.5. The van der Waals surface area contributed by atoms with Crippen molar-refractivity contribution in [2.24, 2.45) is 0 Å². The topological polar surface area (TPSA) is 0 Å². The second-order valence-electron chi connectivity index (χ2n) is 6.38. The van der Waals surface area contributed by atoms with Crippen LogP contribution >= 0.6 is 0 Å². The standard InChI is InChI=1S/C25H19F/c1-18-4-8-21(9-5-18)12-13-23-16-20(3)24(25(26)17-23)15-14-22-10-6-19(2)7-11-22/h4-11,16-17H,1-3H3. The first-order chi connectivity index (χ1) is 12.5. The fraction of sp³-hybridized carbons (Fsp3) is 0.120. The van der Waals surface area contributed by atoms with Crippen LogP contribution in [0.4, 0.5) is 4.39 Å². The summed E-state index contributed by atoms with van der Waals surface area (Å²) in [6.45, 7) is 5.92. The first-order valence-electron chi connectivity index (χ1n) is 8.49. The lowest BCUT2D eigenvalue weighted by Crippen LogP contribution is -1.91. The number of halogens is 1. The van der Waals surface area contributed by atoms with E-state index in [4.69, 9.17) is 0 Å². The quantitative estimate of drug-likeness (QED) is 0.471. The zero-order valence-electron chi connectivity index (χ0n) is 15.2. The van der Waals surface area contributed by atoms with Gasteiger partial charge in [0, 0.05) is 16.7 Å². The third-order valence-corrected chi connectivity index (χ3v) is 4.07. The predicted octanol–water partition coefficient (Wildman–Crippen LogP) is 5.55. The third-order valence-electron chi connectivity index (χ3n) is 4.07. The number of aryl methyl sites for hydroxylation is 3. The van der Waals surface area contributed by atoms with E-state index in [0.29, 0.717) is 11.1 Å². The van der Waals surface area contributed by atoms with Crippen LogP contribution in [0.2, 0.25) is 0 Å². The summed E-state index contributed by atoms with van der Waals surface area (Å²) < 4.78 is 14.5. The predicted molar refractivity (Wildman–Crippen MR) is 105 cm³/mol. The molecule has 126 valence electrons. The molecule has 0 aliphatic rings. The van der Waals surface area contributed by atoms with E-state index in [1.54, 1.807) is 0 Å². The minimum absolute atomic E-state index is 0.335. The molecule has 3 aromatic carbocycles. The van der Waals surface area contributed by atoms with E-state index in [9.17, 15) is 4.39 Å². The van der Waals surface area contributed by atoms with Crippen molar-refractivity contribution in [3.63, 3.8) is 0 Å². The molecular weight excluding hydrogens is 319 g/mol. The van der Waals surface area contributed by atoms with Gasteiger partial charge in [-0.15, -0.1) is 0 Å². The average Bonchev–Trinajstić information content (AvgIpc) is 2.62. The Kier molecular flexibility index (Phi) is 5.21. The fourth-order valence-corrected chi connectivity index (χ4v) is 2.53. The highest BCUT2D eigenvalue weighted by atomic mass is 19.1. The molecule has 0 spiro atoms. The molecule has 0 saturated carbocycles. The molecule has 3 rings (SSSR count). The van der Waals surface area contributed by atoms with E-state index in [1.807, 2.05) is 75.4 Å². The van der Waals surface area contributed by atoms with Crippen molar-refractivity contribution in [2.75, 3.05) is 0 Å². The summed E-state index contributed by atoms with van der Waals surface area (Å²) >= 11 is 0. The maximum Gasteiger partial charge on any atom is 0.140 e. The van der Waals surface area contributed by atoms with Crippen LogP contribution in [0.25, 0.3) is 0 Å². The smallest absolute Gasteiger partial charge is 0.140 e. The minimum Gasteiger partial charge on any atom is -0.206 e. The Bertz CT molecular complexity index is 1020. The van der Waals surface area contributed by atoms with Crippen LogP contribution < -0.4 is 0 Å². The maximum absolute atomic E-state index is 14.5. The largest absolute Gasteiger partial charge is 0.206 e. The molecule has 26 heavy (non-hydrogen) atoms. The molecule has 0 aliphatic carbocycles. The molecule has 0 aromatic heterocycles. The van der Waals surface area contributed by atoms with Gasteiger partial charge < -0.3 is 0 Å². The molecule has 0 aliphatic heterocycles. The van der Waals surface area contributed by atoms with Crippen LogP contribution in [0.1, 0.15) is 38.9 Å². The number of hydrogen-bond acceptors (Lipinski definition) is 0. The van der Waals surface area contributed by atoms with Crippen molar-refractivity contribution < 1.29 is 4.39 Å². The highest BCUT2D eigenvalue weighted by molar-refractivity contribution is 5.52. The molecule has 0 heterocycles. The van der Waals surface area contributed by atoms with Crippen molar-refractivity contribution >= 4 is 0 Å². The Hall–Kier alpha value is -3.29. The zero-order valence-corrected chi connectivity index (χ0v) is 15.2. The average molecular weight is 338 g/mol. The van der Waals surface area contributed by atoms with Crippen molar-refractivity contribution in [3.8, 4) is 23.7 Å². The maximum atomic E-state index is 14.5. The van der Waals surface area contributed by atoms with Crippen LogP contribution in [0.5, 0.6) is 0 Å². The van der Waals surface area contributed by atoms with Crippen LogP contribution in [-0.2, 0) is 0 Å². The van der Waals surface area contributed by atoms with E-state index in [2.05, 4.69) is 23.7 Å². The summed E-state index contributed by atoms with van der Waals surface area (Å²) in [4.78, 5) is 0. The van der Waals surface area contributed by atoms with Gasteiger partial charge in [-0.1, -0.05) is 59.1 Å². The highest BCUT2D eigenvalue weighted by Crippen LogP contribution is 2.15. The summed E-state index contributed by atoms with van der Waals surface area (Å²) in [6, 6.07) is 19.2. The van der Waals surface area contributed by atoms with E-state index >= 15 is 0 Å². The van der Waals surface area contributed by atoms with Gasteiger partial charge in [-0.05, 0) is 62.7 Å². The number of benzene rings is 3. The molecule has 0 fully saturated rings. The first-order valence-corrected chi connectivity index (χ1v) is 8.49. The van der Waals surface area contributed by atoms with Crippen LogP contribution in [-0.4, -0.2) is 0 Å². The van der Waals surface area contributed by atoms with Crippen LogP contribution in [0, 0.1) is 50.3 Å². The van der Waals surface area contributed by atoms with Gasteiger partial charge in [-0.2, -0.15) is 0 Å². The van der Waals surface area contributed by atoms with Gasteiger partial charge in [0.1, 0.15) is 5.82 Å². The monoisotopic (exact) mass is 338 g/mol. The van der Waals surface area contributed by atoms with Gasteiger partial charge in [-0.3, -0.25) is 0 Å². The molecule has 0 N–H and O–H groups in total. The van der Waals surface area contributed by atoms with Crippen molar-refractivity contribution in [2.45, 2.75) is 20.8 Å². The van der Waals surface area contributed by atoms with E-state index in [0.717, 1.165) is 16.7 Å². The summed E-state index contributed by atoms with van der Waals surface area (Å²) in [5.74, 6) is 11.7. The van der Waals surface area contributed by atoms with Gasteiger partial charge in [0.15, 0.2) is 0 Å². The lowest BCUT2D eigenvalue weighted by Gasteiger charge is -2.02. The summed E-state index contributed by atoms with van der Waals surface area (Å²) in [7, 11) is 0. The Morgan fingerprint density at radius 2 is 1.04 bits per heavy atom. The molecule has 0 unspecified atom stereocenters. The lowest BCUT2D eigenvalue weighted by molar-refractivity contribution is 0.622. The van der Waals surface area contributed by atoms with Gasteiger partial charge >= 0.3 is 0 Å². The van der Waals surface area contributed by atoms with Gasteiger partial charge in [-0.25, -0.2) is 4.39 Å². The Labute approximate surface area is 154 Å². The second-order valence-corrected chi connectivity index (χ2v) is 6.38. The van der Waals surface area contributed by atoms with Gasteiger partial charge in [0.05, 0.1) is 5.56 Å². The second kappa shape index (κ2) is 7.73. The molecule has 0 amide bonds. The van der Waals surface area contributed by atoms with Crippen molar-refractivity contribution in [1.82, 2.24) is 0 Å². The number of rotatable bonds is 0. The molecule has 1 heteroatoms. The van der Waals surface area contributed by atoms with Crippen LogP contribution in [0.3, 0.4) is 0 Å². The molecule has 0 bridgehead atoms. The summed E-state index contributed by atoms with van der Waals surface area (Å²) in [5.41, 5.74) is 6.02. The van der Waals surface area contributed by atoms with E-state index in [1.165, 1.54) is 17.2 Å². The highest BCUT2D eigenvalue weighted by Gasteiger charge is 2.05.